The summed E-state index contributed by atoms with van der Waals surface area (Å²) >= 11 is 3.97. The van der Waals surface area contributed by atoms with Crippen LogP contribution >= 0.6 is 23.5 Å². The average Bonchev–Trinajstić information content (AvgIpc) is 3.27. The molecule has 1 N–H and O–H groups in total. The summed E-state index contributed by atoms with van der Waals surface area (Å²) in [6.45, 7) is 1.98. The first-order chi connectivity index (χ1) is 12.2. The lowest BCUT2D eigenvalue weighted by Crippen LogP contribution is -2.12. The van der Waals surface area contributed by atoms with E-state index < -0.39 is 0 Å². The molecule has 2 heterocycles. The van der Waals surface area contributed by atoms with E-state index in [0.29, 0.717) is 4.58 Å². The third-order valence-corrected chi connectivity index (χ3v) is 7.42. The van der Waals surface area contributed by atoms with Gasteiger partial charge in [0.15, 0.2) is 6.61 Å². The Bertz CT molecular complexity index is 896. The highest BCUT2D eigenvalue weighted by atomic mass is 32.2. The molecule has 0 unspecified atom stereocenters. The molecule has 1 fully saturated rings. The molecule has 25 heavy (non-hydrogen) atoms. The Morgan fingerprint density at radius 2 is 1.84 bits per heavy atom. The van der Waals surface area contributed by atoms with E-state index in [1.165, 1.54) is 17.1 Å². The predicted octanol–water partition coefficient (Wildman–Crippen LogP) is 5.22. The number of aromatic nitrogens is 1. The lowest BCUT2D eigenvalue weighted by Gasteiger charge is -2.10. The first-order valence-corrected chi connectivity index (χ1v) is 10.4. The number of carbonyl (C=O) groups is 1. The van der Waals surface area contributed by atoms with E-state index in [1.54, 1.807) is 0 Å². The monoisotopic (exact) mass is 369 g/mol. The normalized spacial score (nSPS) is 14.9. The molecule has 3 aromatic rings. The van der Waals surface area contributed by atoms with Crippen LogP contribution in [0.2, 0.25) is 0 Å². The van der Waals surface area contributed by atoms with Crippen molar-refractivity contribution in [2.24, 2.45) is 0 Å². The number of hydrogen-bond donors (Lipinski definition) is 1. The van der Waals surface area contributed by atoms with E-state index >= 15 is 0 Å². The highest BCUT2D eigenvalue weighted by molar-refractivity contribution is 8.19. The van der Waals surface area contributed by atoms with Crippen molar-refractivity contribution >= 4 is 40.2 Å². The topological polar surface area (TPSA) is 42.1 Å². The minimum Gasteiger partial charge on any atom is -0.485 e. The number of ether oxygens (including phenoxy) is 1. The highest BCUT2D eigenvalue weighted by Crippen LogP contribution is 2.45. The molecule has 1 aliphatic heterocycles. The number of H-pyrrole nitrogens is 1. The minimum atomic E-state index is 0.000862. The fraction of sp³-hybridized carbons (Fsp3) is 0.250. The smallest absolute Gasteiger partial charge is 0.202 e. The molecule has 1 saturated heterocycles. The van der Waals surface area contributed by atoms with Gasteiger partial charge in [-0.25, -0.2) is 0 Å². The summed E-state index contributed by atoms with van der Waals surface area (Å²) in [6.07, 6.45) is 0. The minimum absolute atomic E-state index is 0.000862. The van der Waals surface area contributed by atoms with Gasteiger partial charge in [-0.05, 0) is 30.7 Å². The number of aromatic amines is 1. The maximum Gasteiger partial charge on any atom is 0.202 e. The molecular weight excluding hydrogens is 350 g/mol. The second-order valence-electron chi connectivity index (χ2n) is 6.02. The van der Waals surface area contributed by atoms with Gasteiger partial charge in [0.1, 0.15) is 5.75 Å². The standard InChI is InChI=1S/C20H19NO2S2/c1-13-19(16-4-2-3-5-17(16)21-13)18(22)12-23-15-8-6-14(7-9-15)20-24-10-11-25-20/h2-9,20-21H,10-12H2,1H3. The lowest BCUT2D eigenvalue weighted by molar-refractivity contribution is 0.0922. The van der Waals surface area contributed by atoms with E-state index in [2.05, 4.69) is 17.1 Å². The van der Waals surface area contributed by atoms with Crippen molar-refractivity contribution in [3.05, 3.63) is 65.4 Å². The van der Waals surface area contributed by atoms with Crippen molar-refractivity contribution in [3.63, 3.8) is 0 Å². The van der Waals surface area contributed by atoms with Crippen molar-refractivity contribution < 1.29 is 9.53 Å². The molecule has 3 nitrogen and oxygen atoms in total. The van der Waals surface area contributed by atoms with Gasteiger partial charge in [0.25, 0.3) is 0 Å². The maximum absolute atomic E-state index is 12.6. The second kappa shape index (κ2) is 7.18. The van der Waals surface area contributed by atoms with Crippen LogP contribution < -0.4 is 4.74 Å². The Labute approximate surface area is 155 Å². The number of thioether (sulfide) groups is 2. The number of fused-ring (bicyclic) bond motifs is 1. The van der Waals surface area contributed by atoms with Crippen LogP contribution in [-0.2, 0) is 0 Å². The molecular formula is C20H19NO2S2. The Morgan fingerprint density at radius 3 is 2.60 bits per heavy atom. The third-order valence-electron chi connectivity index (χ3n) is 4.32. The summed E-state index contributed by atoms with van der Waals surface area (Å²) in [5.74, 6) is 3.17. The van der Waals surface area contributed by atoms with Gasteiger partial charge in [-0.15, -0.1) is 23.5 Å². The number of hydrogen-bond acceptors (Lipinski definition) is 4. The Balaban J connectivity index is 1.45. The van der Waals surface area contributed by atoms with Crippen molar-refractivity contribution in [2.75, 3.05) is 18.1 Å². The van der Waals surface area contributed by atoms with Crippen LogP contribution in [0.25, 0.3) is 10.9 Å². The van der Waals surface area contributed by atoms with Crippen LogP contribution in [-0.4, -0.2) is 28.9 Å². The van der Waals surface area contributed by atoms with Crippen LogP contribution in [0, 0.1) is 6.92 Å². The predicted molar refractivity (Wildman–Crippen MR) is 107 cm³/mol. The summed E-state index contributed by atoms with van der Waals surface area (Å²) in [5.41, 5.74) is 3.92. The van der Waals surface area contributed by atoms with Gasteiger partial charge in [-0.2, -0.15) is 0 Å². The largest absolute Gasteiger partial charge is 0.485 e. The third kappa shape index (κ3) is 3.44. The van der Waals surface area contributed by atoms with Gasteiger partial charge < -0.3 is 9.72 Å². The zero-order chi connectivity index (χ0) is 17.2. The molecule has 1 aliphatic rings. The van der Waals surface area contributed by atoms with E-state index in [1.807, 2.05) is 66.8 Å². The summed E-state index contributed by atoms with van der Waals surface area (Å²) in [7, 11) is 0. The second-order valence-corrected chi connectivity index (χ2v) is 8.75. The number of Topliss-reactive ketones (excluding diaryl/α,β-unsaturated/α-hetero) is 1. The van der Waals surface area contributed by atoms with Gasteiger partial charge in [0, 0.05) is 33.7 Å². The molecule has 0 aliphatic carbocycles. The zero-order valence-corrected chi connectivity index (χ0v) is 15.6. The van der Waals surface area contributed by atoms with E-state index in [0.717, 1.165) is 27.9 Å². The maximum atomic E-state index is 12.6. The van der Waals surface area contributed by atoms with Gasteiger partial charge >= 0.3 is 0 Å². The molecule has 0 spiro atoms. The average molecular weight is 370 g/mol. The first kappa shape index (κ1) is 16.6. The van der Waals surface area contributed by atoms with Gasteiger partial charge in [-0.1, -0.05) is 30.3 Å². The van der Waals surface area contributed by atoms with E-state index in [9.17, 15) is 4.79 Å². The number of rotatable bonds is 5. The molecule has 0 saturated carbocycles. The number of aryl methyl sites for hydroxylation is 1. The van der Waals surface area contributed by atoms with E-state index in [-0.39, 0.29) is 12.4 Å². The molecule has 0 atom stereocenters. The molecule has 4 rings (SSSR count). The van der Waals surface area contributed by atoms with Crippen LogP contribution in [0.5, 0.6) is 5.75 Å². The van der Waals surface area contributed by atoms with Gasteiger partial charge in [-0.3, -0.25) is 4.79 Å². The number of ketones is 1. The summed E-state index contributed by atoms with van der Waals surface area (Å²) in [4.78, 5) is 15.9. The van der Waals surface area contributed by atoms with Gasteiger partial charge in [0.05, 0.1) is 4.58 Å². The summed E-state index contributed by atoms with van der Waals surface area (Å²) in [5, 5.41) is 0.958. The zero-order valence-electron chi connectivity index (χ0n) is 14.0. The molecule has 0 radical (unpaired) electrons. The van der Waals surface area contributed by atoms with Crippen LogP contribution in [0.3, 0.4) is 0 Å². The lowest BCUT2D eigenvalue weighted by atomic mass is 10.1. The number of benzene rings is 2. The number of nitrogens with one attached hydrogen (secondary N) is 1. The summed E-state index contributed by atoms with van der Waals surface area (Å²) in [6, 6.07) is 16.0. The number of carbonyl (C=O) groups excluding carboxylic acids is 1. The van der Waals surface area contributed by atoms with Crippen LogP contribution in [0.1, 0.15) is 26.2 Å². The van der Waals surface area contributed by atoms with Crippen LogP contribution in [0.15, 0.2) is 48.5 Å². The van der Waals surface area contributed by atoms with Crippen molar-refractivity contribution in [3.8, 4) is 5.75 Å². The highest BCUT2D eigenvalue weighted by Gasteiger charge is 2.19. The summed E-state index contributed by atoms with van der Waals surface area (Å²) < 4.78 is 6.27. The molecule has 5 heteroatoms. The number of para-hydroxylation sites is 1. The van der Waals surface area contributed by atoms with Gasteiger partial charge in [0.2, 0.25) is 5.78 Å². The quantitative estimate of drug-likeness (QED) is 0.626. The molecule has 0 bridgehead atoms. The van der Waals surface area contributed by atoms with Crippen molar-refractivity contribution in [1.29, 1.82) is 0 Å². The van der Waals surface area contributed by atoms with E-state index in [4.69, 9.17) is 4.74 Å². The molecule has 1 aromatic heterocycles. The molecule has 128 valence electrons. The SMILES string of the molecule is Cc1[nH]c2ccccc2c1C(=O)COc1ccc(C2SCCS2)cc1. The fourth-order valence-electron chi connectivity index (χ4n) is 3.13. The molecule has 2 aromatic carbocycles. The van der Waals surface area contributed by atoms with Crippen molar-refractivity contribution in [2.45, 2.75) is 11.5 Å². The first-order valence-electron chi connectivity index (χ1n) is 8.29. The fourth-order valence-corrected chi connectivity index (χ4v) is 5.99. The Hall–Kier alpha value is -1.85. The Morgan fingerprint density at radius 1 is 1.12 bits per heavy atom. The molecule has 0 amide bonds. The van der Waals surface area contributed by atoms with Crippen molar-refractivity contribution in [1.82, 2.24) is 4.98 Å². The Kier molecular flexibility index (Phi) is 4.77. The van der Waals surface area contributed by atoms with Crippen LogP contribution in [0.4, 0.5) is 0 Å².